The SMILES string of the molecule is Cc1cc(C)cc(-c2ccc3sc4ccc(-n5ccc6cc(C#N)ccc65)cc4c3c2)c1. The zero-order valence-electron chi connectivity index (χ0n) is 17.9. The fraction of sp³-hybridized carbons (Fsp3) is 0.0690. The molecule has 0 atom stereocenters. The maximum Gasteiger partial charge on any atom is 0.0991 e. The van der Waals surface area contributed by atoms with Crippen molar-refractivity contribution in [3.05, 3.63) is 102 Å². The van der Waals surface area contributed by atoms with Gasteiger partial charge in [0.05, 0.1) is 17.1 Å². The summed E-state index contributed by atoms with van der Waals surface area (Å²) >= 11 is 1.84. The molecule has 0 bridgehead atoms. The van der Waals surface area contributed by atoms with Crippen LogP contribution in [0.4, 0.5) is 0 Å². The molecule has 0 aliphatic heterocycles. The van der Waals surface area contributed by atoms with Crippen molar-refractivity contribution in [1.82, 2.24) is 4.57 Å². The van der Waals surface area contributed by atoms with Gasteiger partial charge in [-0.05, 0) is 79.6 Å². The summed E-state index contributed by atoms with van der Waals surface area (Å²) in [5, 5.41) is 12.9. The molecule has 3 heteroatoms. The second-order valence-corrected chi connectivity index (χ2v) is 9.52. The fourth-order valence-electron chi connectivity index (χ4n) is 4.67. The first kappa shape index (κ1) is 18.9. The predicted molar refractivity (Wildman–Crippen MR) is 136 cm³/mol. The number of fused-ring (bicyclic) bond motifs is 4. The number of benzene rings is 4. The van der Waals surface area contributed by atoms with Gasteiger partial charge in [-0.1, -0.05) is 35.4 Å². The summed E-state index contributed by atoms with van der Waals surface area (Å²) in [4.78, 5) is 0. The summed E-state index contributed by atoms with van der Waals surface area (Å²) < 4.78 is 4.80. The monoisotopic (exact) mass is 428 g/mol. The van der Waals surface area contributed by atoms with Crippen LogP contribution >= 0.6 is 11.3 Å². The summed E-state index contributed by atoms with van der Waals surface area (Å²) in [5.74, 6) is 0. The number of hydrogen-bond acceptors (Lipinski definition) is 2. The average molecular weight is 429 g/mol. The van der Waals surface area contributed by atoms with Gasteiger partial charge in [0.15, 0.2) is 0 Å². The minimum atomic E-state index is 0.688. The number of hydrogen-bond donors (Lipinski definition) is 0. The van der Waals surface area contributed by atoms with E-state index in [1.807, 2.05) is 29.5 Å². The van der Waals surface area contributed by atoms with Crippen LogP contribution in [0.15, 0.2) is 85.1 Å². The van der Waals surface area contributed by atoms with Crippen molar-refractivity contribution in [2.75, 3.05) is 0 Å². The Bertz CT molecular complexity index is 1690. The van der Waals surface area contributed by atoms with Crippen molar-refractivity contribution >= 4 is 42.4 Å². The highest BCUT2D eigenvalue weighted by Gasteiger charge is 2.11. The van der Waals surface area contributed by atoms with Gasteiger partial charge in [-0.15, -0.1) is 11.3 Å². The molecule has 6 aromatic rings. The van der Waals surface area contributed by atoms with Gasteiger partial charge in [0.25, 0.3) is 0 Å². The van der Waals surface area contributed by atoms with Crippen molar-refractivity contribution < 1.29 is 0 Å². The molecule has 0 fully saturated rings. The molecule has 0 amide bonds. The second kappa shape index (κ2) is 7.09. The molecule has 2 aromatic heterocycles. The molecule has 0 aliphatic rings. The Balaban J connectivity index is 1.53. The van der Waals surface area contributed by atoms with Gasteiger partial charge in [-0.3, -0.25) is 0 Å². The van der Waals surface area contributed by atoms with Gasteiger partial charge < -0.3 is 4.57 Å². The van der Waals surface area contributed by atoms with Crippen LogP contribution in [0.2, 0.25) is 0 Å². The quantitative estimate of drug-likeness (QED) is 0.273. The summed E-state index contributed by atoms with van der Waals surface area (Å²) in [6, 6.07) is 30.4. The molecule has 0 unspecified atom stereocenters. The van der Waals surface area contributed by atoms with Crippen LogP contribution in [-0.2, 0) is 0 Å². The second-order valence-electron chi connectivity index (χ2n) is 8.44. The van der Waals surface area contributed by atoms with E-state index in [-0.39, 0.29) is 0 Å². The van der Waals surface area contributed by atoms with Crippen molar-refractivity contribution in [3.8, 4) is 22.9 Å². The van der Waals surface area contributed by atoms with E-state index in [0.717, 1.165) is 16.6 Å². The number of aromatic nitrogens is 1. The lowest BCUT2D eigenvalue weighted by Crippen LogP contribution is -1.91. The number of aryl methyl sites for hydroxylation is 2. The molecule has 32 heavy (non-hydrogen) atoms. The van der Waals surface area contributed by atoms with Crippen molar-refractivity contribution in [2.45, 2.75) is 13.8 Å². The largest absolute Gasteiger partial charge is 0.317 e. The molecule has 152 valence electrons. The Morgan fingerprint density at radius 1 is 0.719 bits per heavy atom. The fourth-order valence-corrected chi connectivity index (χ4v) is 5.74. The molecule has 0 saturated carbocycles. The van der Waals surface area contributed by atoms with Crippen molar-refractivity contribution in [3.63, 3.8) is 0 Å². The molecule has 0 aliphatic carbocycles. The normalized spacial score (nSPS) is 11.4. The Morgan fingerprint density at radius 2 is 1.47 bits per heavy atom. The molecule has 4 aromatic carbocycles. The van der Waals surface area contributed by atoms with E-state index in [0.29, 0.717) is 5.56 Å². The number of nitriles is 1. The van der Waals surface area contributed by atoms with Crippen LogP contribution in [-0.4, -0.2) is 4.57 Å². The van der Waals surface area contributed by atoms with Crippen LogP contribution in [0.5, 0.6) is 0 Å². The van der Waals surface area contributed by atoms with Crippen LogP contribution in [0.25, 0.3) is 47.9 Å². The zero-order valence-corrected chi connectivity index (χ0v) is 18.7. The third-order valence-corrected chi connectivity index (χ3v) is 7.26. The minimum Gasteiger partial charge on any atom is -0.317 e. The Hall–Kier alpha value is -3.87. The summed E-state index contributed by atoms with van der Waals surface area (Å²) in [7, 11) is 0. The minimum absolute atomic E-state index is 0.688. The first-order valence-corrected chi connectivity index (χ1v) is 11.5. The molecule has 2 heterocycles. The first-order chi connectivity index (χ1) is 15.6. The summed E-state index contributed by atoms with van der Waals surface area (Å²) in [5.41, 5.74) is 8.03. The molecule has 0 N–H and O–H groups in total. The third kappa shape index (κ3) is 3.00. The van der Waals surface area contributed by atoms with E-state index in [1.54, 1.807) is 0 Å². The highest BCUT2D eigenvalue weighted by atomic mass is 32.1. The predicted octanol–water partition coefficient (Wildman–Crippen LogP) is 8.15. The van der Waals surface area contributed by atoms with Gasteiger partial charge in [0.2, 0.25) is 0 Å². The first-order valence-electron chi connectivity index (χ1n) is 10.7. The highest BCUT2D eigenvalue weighted by molar-refractivity contribution is 7.25. The van der Waals surface area contributed by atoms with Crippen LogP contribution < -0.4 is 0 Å². The lowest BCUT2D eigenvalue weighted by Gasteiger charge is -2.07. The molecule has 6 rings (SSSR count). The lowest BCUT2D eigenvalue weighted by atomic mass is 9.99. The Morgan fingerprint density at radius 3 is 2.25 bits per heavy atom. The van der Waals surface area contributed by atoms with E-state index in [4.69, 9.17) is 0 Å². The molecule has 0 radical (unpaired) electrons. The van der Waals surface area contributed by atoms with Crippen LogP contribution in [0, 0.1) is 25.2 Å². The molecule has 0 spiro atoms. The maximum absolute atomic E-state index is 9.20. The molecular weight excluding hydrogens is 408 g/mol. The van der Waals surface area contributed by atoms with E-state index >= 15 is 0 Å². The smallest absolute Gasteiger partial charge is 0.0991 e. The van der Waals surface area contributed by atoms with E-state index in [1.165, 1.54) is 42.4 Å². The summed E-state index contributed by atoms with van der Waals surface area (Å²) in [6.07, 6.45) is 2.09. The topological polar surface area (TPSA) is 28.7 Å². The highest BCUT2D eigenvalue weighted by Crippen LogP contribution is 2.38. The number of thiophene rings is 1. The van der Waals surface area contributed by atoms with Crippen LogP contribution in [0.1, 0.15) is 16.7 Å². The third-order valence-electron chi connectivity index (χ3n) is 6.11. The average Bonchev–Trinajstić information content (AvgIpc) is 3.38. The van der Waals surface area contributed by atoms with E-state index in [2.05, 4.69) is 91.3 Å². The van der Waals surface area contributed by atoms with Gasteiger partial charge in [0.1, 0.15) is 0 Å². The molecular formula is C29H20N2S. The van der Waals surface area contributed by atoms with Gasteiger partial charge in [-0.2, -0.15) is 5.26 Å². The van der Waals surface area contributed by atoms with Gasteiger partial charge >= 0.3 is 0 Å². The van der Waals surface area contributed by atoms with Gasteiger partial charge in [-0.25, -0.2) is 0 Å². The van der Waals surface area contributed by atoms with Gasteiger partial charge in [0, 0.05) is 37.4 Å². The zero-order chi connectivity index (χ0) is 21.8. The summed E-state index contributed by atoms with van der Waals surface area (Å²) in [6.45, 7) is 4.31. The standard InChI is InChI=1S/C29H20N2S/c1-18-11-19(2)13-23(12-18)21-4-7-28-25(15-21)26-16-24(5-8-29(26)32-28)31-10-9-22-14-20(17-30)3-6-27(22)31/h3-16H,1-2H3. The van der Waals surface area contributed by atoms with E-state index < -0.39 is 0 Å². The molecule has 2 nitrogen and oxygen atoms in total. The van der Waals surface area contributed by atoms with E-state index in [9.17, 15) is 5.26 Å². The number of rotatable bonds is 2. The Labute approximate surface area is 190 Å². The maximum atomic E-state index is 9.20. The van der Waals surface area contributed by atoms with Crippen molar-refractivity contribution in [2.24, 2.45) is 0 Å². The molecule has 0 saturated heterocycles. The van der Waals surface area contributed by atoms with Crippen LogP contribution in [0.3, 0.4) is 0 Å². The lowest BCUT2D eigenvalue weighted by molar-refractivity contribution is 1.13. The number of nitrogens with zero attached hydrogens (tertiary/aromatic N) is 2. The van der Waals surface area contributed by atoms with Crippen molar-refractivity contribution in [1.29, 1.82) is 5.26 Å². The Kier molecular flexibility index (Phi) is 4.18.